The van der Waals surface area contributed by atoms with E-state index in [1.807, 2.05) is 24.3 Å². The summed E-state index contributed by atoms with van der Waals surface area (Å²) in [6.07, 6.45) is 0. The third-order valence-electron chi connectivity index (χ3n) is 3.55. The molecule has 3 rings (SSSR count). The van der Waals surface area contributed by atoms with Crippen molar-refractivity contribution in [3.05, 3.63) is 54.4 Å². The summed E-state index contributed by atoms with van der Waals surface area (Å²) in [5.74, 6) is 1.01. The molecule has 3 aromatic rings. The lowest BCUT2D eigenvalue weighted by atomic mass is 10.3. The number of imidazole rings is 1. The molecule has 0 bridgehead atoms. The summed E-state index contributed by atoms with van der Waals surface area (Å²) in [5, 5.41) is 12.3. The molecule has 0 aliphatic carbocycles. The Morgan fingerprint density at radius 1 is 1.22 bits per heavy atom. The monoisotopic (exact) mass is 311 g/mol. The normalized spacial score (nSPS) is 10.7. The van der Waals surface area contributed by atoms with Gasteiger partial charge in [0.1, 0.15) is 24.7 Å². The zero-order valence-electron chi connectivity index (χ0n) is 12.7. The molecular formula is C17H17N3O3. The molecule has 118 valence electrons. The second-order valence-electron chi connectivity index (χ2n) is 5.04. The van der Waals surface area contributed by atoms with Gasteiger partial charge >= 0.3 is 0 Å². The van der Waals surface area contributed by atoms with Gasteiger partial charge in [-0.05, 0) is 36.4 Å². The predicted molar refractivity (Wildman–Crippen MR) is 87.3 cm³/mol. The molecular weight excluding hydrogens is 294 g/mol. The molecule has 1 heterocycles. The summed E-state index contributed by atoms with van der Waals surface area (Å²) in [6, 6.07) is 14.6. The molecule has 1 aromatic heterocycles. The van der Waals surface area contributed by atoms with E-state index in [2.05, 4.69) is 10.3 Å². The Morgan fingerprint density at radius 2 is 1.96 bits per heavy atom. The molecule has 0 unspecified atom stereocenters. The average Bonchev–Trinajstić information content (AvgIpc) is 2.93. The number of hydrogen-bond donors (Lipinski definition) is 2. The number of para-hydroxylation sites is 2. The Labute approximate surface area is 133 Å². The van der Waals surface area contributed by atoms with Crippen LogP contribution in [0.4, 0.5) is 5.69 Å². The summed E-state index contributed by atoms with van der Waals surface area (Å²) in [4.78, 5) is 16.6. The molecule has 1 amide bonds. The number of benzene rings is 2. The number of anilines is 1. The number of ether oxygens (including phenoxy) is 1. The van der Waals surface area contributed by atoms with E-state index in [9.17, 15) is 9.90 Å². The maximum Gasteiger partial charge on any atom is 0.244 e. The van der Waals surface area contributed by atoms with Crippen molar-refractivity contribution in [1.82, 2.24) is 9.55 Å². The number of methoxy groups -OCH3 is 1. The minimum Gasteiger partial charge on any atom is -0.497 e. The number of aromatic nitrogens is 2. The quantitative estimate of drug-likeness (QED) is 0.757. The Bertz CT molecular complexity index is 825. The standard InChI is InChI=1S/C17H17N3O3/c1-23-13-8-6-12(7-9-13)18-17(22)10-20-15-5-3-2-4-14(15)19-16(20)11-21/h2-9,21H,10-11H2,1H3,(H,18,22). The molecule has 2 N–H and O–H groups in total. The SMILES string of the molecule is COc1ccc(NC(=O)Cn2c(CO)nc3ccccc32)cc1. The fourth-order valence-corrected chi connectivity index (χ4v) is 2.44. The predicted octanol–water partition coefficient (Wildman–Crippen LogP) is 2.18. The van der Waals surface area contributed by atoms with Crippen LogP contribution in [0.2, 0.25) is 0 Å². The summed E-state index contributed by atoms with van der Waals surface area (Å²) >= 11 is 0. The van der Waals surface area contributed by atoms with E-state index in [0.29, 0.717) is 11.5 Å². The van der Waals surface area contributed by atoms with Gasteiger partial charge in [-0.2, -0.15) is 0 Å². The maximum absolute atomic E-state index is 12.3. The van der Waals surface area contributed by atoms with Crippen LogP contribution in [0.5, 0.6) is 5.75 Å². The van der Waals surface area contributed by atoms with Gasteiger partial charge in [-0.1, -0.05) is 12.1 Å². The summed E-state index contributed by atoms with van der Waals surface area (Å²) < 4.78 is 6.80. The number of aliphatic hydroxyl groups is 1. The van der Waals surface area contributed by atoms with E-state index in [-0.39, 0.29) is 19.1 Å². The van der Waals surface area contributed by atoms with Crippen molar-refractivity contribution in [3.8, 4) is 5.75 Å². The van der Waals surface area contributed by atoms with Crippen molar-refractivity contribution in [2.45, 2.75) is 13.2 Å². The Morgan fingerprint density at radius 3 is 2.65 bits per heavy atom. The van der Waals surface area contributed by atoms with Crippen LogP contribution in [0.15, 0.2) is 48.5 Å². The fraction of sp³-hybridized carbons (Fsp3) is 0.176. The van der Waals surface area contributed by atoms with Crippen molar-refractivity contribution in [1.29, 1.82) is 0 Å². The number of hydrogen-bond acceptors (Lipinski definition) is 4. The first-order valence-corrected chi connectivity index (χ1v) is 7.20. The number of carbonyl (C=O) groups is 1. The molecule has 0 aliphatic rings. The molecule has 0 aliphatic heterocycles. The maximum atomic E-state index is 12.3. The highest BCUT2D eigenvalue weighted by Gasteiger charge is 2.13. The topological polar surface area (TPSA) is 76.4 Å². The zero-order chi connectivity index (χ0) is 16.2. The molecule has 0 fully saturated rings. The minimum absolute atomic E-state index is 0.0857. The zero-order valence-corrected chi connectivity index (χ0v) is 12.7. The lowest BCUT2D eigenvalue weighted by molar-refractivity contribution is -0.116. The number of aliphatic hydroxyl groups excluding tert-OH is 1. The van der Waals surface area contributed by atoms with E-state index in [4.69, 9.17) is 4.74 Å². The summed E-state index contributed by atoms with van der Waals surface area (Å²) in [7, 11) is 1.59. The van der Waals surface area contributed by atoms with Crippen molar-refractivity contribution >= 4 is 22.6 Å². The number of nitrogens with one attached hydrogen (secondary N) is 1. The first-order chi connectivity index (χ1) is 11.2. The van der Waals surface area contributed by atoms with Crippen molar-refractivity contribution in [2.75, 3.05) is 12.4 Å². The molecule has 6 nitrogen and oxygen atoms in total. The van der Waals surface area contributed by atoms with Crippen LogP contribution in [0.25, 0.3) is 11.0 Å². The van der Waals surface area contributed by atoms with Crippen LogP contribution in [-0.2, 0) is 17.9 Å². The first-order valence-electron chi connectivity index (χ1n) is 7.20. The first kappa shape index (κ1) is 15.1. The number of carbonyl (C=O) groups excluding carboxylic acids is 1. The lowest BCUT2D eigenvalue weighted by Crippen LogP contribution is -2.20. The van der Waals surface area contributed by atoms with Crippen LogP contribution >= 0.6 is 0 Å². The van der Waals surface area contributed by atoms with Gasteiger partial charge < -0.3 is 19.7 Å². The van der Waals surface area contributed by atoms with Gasteiger partial charge in [-0.15, -0.1) is 0 Å². The molecule has 0 atom stereocenters. The number of fused-ring (bicyclic) bond motifs is 1. The van der Waals surface area contributed by atoms with Crippen molar-refractivity contribution in [3.63, 3.8) is 0 Å². The van der Waals surface area contributed by atoms with Crippen LogP contribution in [0.1, 0.15) is 5.82 Å². The van der Waals surface area contributed by atoms with Crippen LogP contribution in [0.3, 0.4) is 0 Å². The molecule has 0 saturated carbocycles. The van der Waals surface area contributed by atoms with E-state index in [0.717, 1.165) is 16.8 Å². The average molecular weight is 311 g/mol. The van der Waals surface area contributed by atoms with Gasteiger partial charge in [0, 0.05) is 5.69 Å². The van der Waals surface area contributed by atoms with Gasteiger partial charge in [0.25, 0.3) is 0 Å². The summed E-state index contributed by atoms with van der Waals surface area (Å²) in [6.45, 7) is -0.132. The molecule has 23 heavy (non-hydrogen) atoms. The van der Waals surface area contributed by atoms with Crippen molar-refractivity contribution < 1.29 is 14.6 Å². The Kier molecular flexibility index (Phi) is 4.25. The van der Waals surface area contributed by atoms with Gasteiger partial charge in [0.05, 0.1) is 18.1 Å². The third-order valence-corrected chi connectivity index (χ3v) is 3.55. The lowest BCUT2D eigenvalue weighted by Gasteiger charge is -2.09. The Balaban J connectivity index is 1.79. The molecule has 0 spiro atoms. The molecule has 0 saturated heterocycles. The van der Waals surface area contributed by atoms with E-state index in [1.54, 1.807) is 35.9 Å². The molecule has 0 radical (unpaired) electrons. The smallest absolute Gasteiger partial charge is 0.244 e. The highest BCUT2D eigenvalue weighted by atomic mass is 16.5. The number of nitrogens with zero attached hydrogens (tertiary/aromatic N) is 2. The van der Waals surface area contributed by atoms with Crippen LogP contribution in [-0.4, -0.2) is 27.7 Å². The fourth-order valence-electron chi connectivity index (χ4n) is 2.44. The Hall–Kier alpha value is -2.86. The van der Waals surface area contributed by atoms with Gasteiger partial charge in [-0.25, -0.2) is 4.98 Å². The highest BCUT2D eigenvalue weighted by Crippen LogP contribution is 2.18. The van der Waals surface area contributed by atoms with Gasteiger partial charge in [-0.3, -0.25) is 4.79 Å². The second kappa shape index (κ2) is 6.50. The van der Waals surface area contributed by atoms with Crippen LogP contribution in [0, 0.1) is 0 Å². The van der Waals surface area contributed by atoms with Crippen molar-refractivity contribution in [2.24, 2.45) is 0 Å². The largest absolute Gasteiger partial charge is 0.497 e. The second-order valence-corrected chi connectivity index (χ2v) is 5.04. The van der Waals surface area contributed by atoms with E-state index >= 15 is 0 Å². The minimum atomic E-state index is -0.218. The van der Waals surface area contributed by atoms with E-state index in [1.165, 1.54) is 0 Å². The number of rotatable bonds is 5. The van der Waals surface area contributed by atoms with Gasteiger partial charge in [0.15, 0.2) is 0 Å². The molecule has 2 aromatic carbocycles. The van der Waals surface area contributed by atoms with Crippen LogP contribution < -0.4 is 10.1 Å². The van der Waals surface area contributed by atoms with E-state index < -0.39 is 0 Å². The van der Waals surface area contributed by atoms with Gasteiger partial charge in [0.2, 0.25) is 5.91 Å². The summed E-state index contributed by atoms with van der Waals surface area (Å²) in [5.41, 5.74) is 2.26. The third kappa shape index (κ3) is 3.17. The number of amides is 1. The molecule has 6 heteroatoms. The highest BCUT2D eigenvalue weighted by molar-refractivity contribution is 5.91.